The first-order valence-electron chi connectivity index (χ1n) is 5.97. The highest BCUT2D eigenvalue weighted by molar-refractivity contribution is 6.31. The molecule has 0 saturated carbocycles. The largest absolute Gasteiger partial charge is 0.417 e. The summed E-state index contributed by atoms with van der Waals surface area (Å²) in [6, 6.07) is 5.01. The predicted octanol–water partition coefficient (Wildman–Crippen LogP) is 5.18. The average Bonchev–Trinajstić information content (AvgIpc) is 2.81. The highest BCUT2D eigenvalue weighted by atomic mass is 35.5. The van der Waals surface area contributed by atoms with Gasteiger partial charge in [0, 0.05) is 17.7 Å². The van der Waals surface area contributed by atoms with E-state index >= 15 is 0 Å². The predicted molar refractivity (Wildman–Crippen MR) is 71.5 cm³/mol. The standard InChI is InChI=1S/C14H6ClF5N2/c15-8-2-1-6(3-7(8)14(18,19)20)13-21-11-4-9(16)10(17)5-12(11)22-13/h1-5H,(H,21,22). The van der Waals surface area contributed by atoms with Crippen LogP contribution in [0.1, 0.15) is 5.56 Å². The summed E-state index contributed by atoms with van der Waals surface area (Å²) in [5.74, 6) is -2.10. The topological polar surface area (TPSA) is 28.7 Å². The number of fused-ring (bicyclic) bond motifs is 1. The summed E-state index contributed by atoms with van der Waals surface area (Å²) >= 11 is 5.54. The van der Waals surface area contributed by atoms with Gasteiger partial charge in [0.1, 0.15) is 5.82 Å². The van der Waals surface area contributed by atoms with Crippen molar-refractivity contribution < 1.29 is 22.0 Å². The average molecular weight is 333 g/mol. The lowest BCUT2D eigenvalue weighted by atomic mass is 10.1. The third-order valence-corrected chi connectivity index (χ3v) is 3.40. The van der Waals surface area contributed by atoms with Crippen LogP contribution >= 0.6 is 11.6 Å². The summed E-state index contributed by atoms with van der Waals surface area (Å²) in [7, 11) is 0. The molecule has 2 aromatic carbocycles. The number of halogens is 6. The van der Waals surface area contributed by atoms with Crippen molar-refractivity contribution in [2.24, 2.45) is 0 Å². The van der Waals surface area contributed by atoms with Crippen molar-refractivity contribution in [3.8, 4) is 11.4 Å². The number of benzene rings is 2. The molecule has 0 amide bonds. The van der Waals surface area contributed by atoms with E-state index in [-0.39, 0.29) is 22.4 Å². The van der Waals surface area contributed by atoms with Crippen molar-refractivity contribution in [1.29, 1.82) is 0 Å². The third-order valence-electron chi connectivity index (χ3n) is 3.07. The summed E-state index contributed by atoms with van der Waals surface area (Å²) in [4.78, 5) is 6.61. The van der Waals surface area contributed by atoms with Gasteiger partial charge in [-0.05, 0) is 18.2 Å². The number of nitrogens with zero attached hydrogens (tertiary/aromatic N) is 1. The lowest BCUT2D eigenvalue weighted by molar-refractivity contribution is -0.137. The molecule has 0 radical (unpaired) electrons. The van der Waals surface area contributed by atoms with Crippen molar-refractivity contribution in [1.82, 2.24) is 9.97 Å². The van der Waals surface area contributed by atoms with Crippen LogP contribution < -0.4 is 0 Å². The molecule has 0 aliphatic carbocycles. The monoisotopic (exact) mass is 332 g/mol. The van der Waals surface area contributed by atoms with Gasteiger partial charge in [-0.15, -0.1) is 0 Å². The van der Waals surface area contributed by atoms with Crippen LogP contribution in [0.2, 0.25) is 5.02 Å². The molecule has 0 fully saturated rings. The zero-order valence-corrected chi connectivity index (χ0v) is 11.4. The Balaban J connectivity index is 2.15. The fourth-order valence-corrected chi connectivity index (χ4v) is 2.26. The van der Waals surface area contributed by atoms with Crippen LogP contribution in [0, 0.1) is 11.6 Å². The molecular weight excluding hydrogens is 327 g/mol. The summed E-state index contributed by atoms with van der Waals surface area (Å²) in [5, 5.41) is -0.440. The summed E-state index contributed by atoms with van der Waals surface area (Å²) in [5.41, 5.74) is -0.618. The zero-order valence-electron chi connectivity index (χ0n) is 10.6. The molecule has 114 valence electrons. The van der Waals surface area contributed by atoms with Crippen LogP contribution in [-0.2, 0) is 6.18 Å². The Morgan fingerprint density at radius 2 is 1.68 bits per heavy atom. The lowest BCUT2D eigenvalue weighted by Crippen LogP contribution is -2.06. The molecule has 0 unspecified atom stereocenters. The van der Waals surface area contributed by atoms with E-state index < -0.39 is 28.4 Å². The fourth-order valence-electron chi connectivity index (χ4n) is 2.03. The van der Waals surface area contributed by atoms with Gasteiger partial charge in [-0.2, -0.15) is 13.2 Å². The maximum Gasteiger partial charge on any atom is 0.417 e. The van der Waals surface area contributed by atoms with E-state index in [9.17, 15) is 22.0 Å². The normalized spacial score (nSPS) is 12.1. The van der Waals surface area contributed by atoms with Crippen LogP contribution in [0.5, 0.6) is 0 Å². The number of aromatic amines is 1. The molecule has 0 atom stereocenters. The second-order valence-electron chi connectivity index (χ2n) is 4.56. The Labute approximate surface area is 125 Å². The quantitative estimate of drug-likeness (QED) is 0.611. The van der Waals surface area contributed by atoms with Gasteiger partial charge in [0.05, 0.1) is 21.6 Å². The molecule has 1 N–H and O–H groups in total. The molecule has 0 spiro atoms. The van der Waals surface area contributed by atoms with Crippen molar-refractivity contribution in [3.63, 3.8) is 0 Å². The second-order valence-corrected chi connectivity index (χ2v) is 4.97. The number of rotatable bonds is 1. The number of alkyl halides is 3. The third kappa shape index (κ3) is 2.52. The number of hydrogen-bond donors (Lipinski definition) is 1. The van der Waals surface area contributed by atoms with E-state index in [1.165, 1.54) is 6.07 Å². The van der Waals surface area contributed by atoms with Crippen LogP contribution in [0.25, 0.3) is 22.4 Å². The molecule has 0 aliphatic rings. The van der Waals surface area contributed by atoms with E-state index in [0.717, 1.165) is 24.3 Å². The molecule has 0 saturated heterocycles. The summed E-state index contributed by atoms with van der Waals surface area (Å²) in [6.07, 6.45) is -4.61. The van der Waals surface area contributed by atoms with Crippen LogP contribution in [0.15, 0.2) is 30.3 Å². The smallest absolute Gasteiger partial charge is 0.338 e. The molecule has 8 heteroatoms. The van der Waals surface area contributed by atoms with Crippen LogP contribution in [-0.4, -0.2) is 9.97 Å². The Hall–Kier alpha value is -2.15. The number of aromatic nitrogens is 2. The number of H-pyrrole nitrogens is 1. The second kappa shape index (κ2) is 4.95. The molecule has 2 nitrogen and oxygen atoms in total. The molecule has 0 bridgehead atoms. The van der Waals surface area contributed by atoms with Crippen molar-refractivity contribution >= 4 is 22.6 Å². The molecule has 3 rings (SSSR count). The number of imidazole rings is 1. The molecule has 0 aliphatic heterocycles. The molecule has 1 aromatic heterocycles. The highest BCUT2D eigenvalue weighted by Crippen LogP contribution is 2.37. The summed E-state index contributed by atoms with van der Waals surface area (Å²) < 4.78 is 64.8. The van der Waals surface area contributed by atoms with Crippen LogP contribution in [0.4, 0.5) is 22.0 Å². The highest BCUT2D eigenvalue weighted by Gasteiger charge is 2.33. The maximum absolute atomic E-state index is 13.1. The van der Waals surface area contributed by atoms with Crippen molar-refractivity contribution in [3.05, 3.63) is 52.6 Å². The zero-order chi connectivity index (χ0) is 16.1. The number of hydrogen-bond acceptors (Lipinski definition) is 1. The number of nitrogens with one attached hydrogen (secondary N) is 1. The Kier molecular flexibility index (Phi) is 3.32. The summed E-state index contributed by atoms with van der Waals surface area (Å²) in [6.45, 7) is 0. The molecule has 3 aromatic rings. The van der Waals surface area contributed by atoms with E-state index in [1.807, 2.05) is 0 Å². The maximum atomic E-state index is 13.1. The Morgan fingerprint density at radius 1 is 1.00 bits per heavy atom. The minimum absolute atomic E-state index is 0.0576. The van der Waals surface area contributed by atoms with Crippen molar-refractivity contribution in [2.75, 3.05) is 0 Å². The van der Waals surface area contributed by atoms with Gasteiger partial charge in [-0.3, -0.25) is 0 Å². The van der Waals surface area contributed by atoms with Crippen molar-refractivity contribution in [2.45, 2.75) is 6.18 Å². The van der Waals surface area contributed by atoms with Gasteiger partial charge in [-0.25, -0.2) is 13.8 Å². The van der Waals surface area contributed by atoms with E-state index in [0.29, 0.717) is 0 Å². The van der Waals surface area contributed by atoms with Gasteiger partial charge in [0.25, 0.3) is 0 Å². The Morgan fingerprint density at radius 3 is 2.36 bits per heavy atom. The van der Waals surface area contributed by atoms with Gasteiger partial charge in [0.15, 0.2) is 11.6 Å². The van der Waals surface area contributed by atoms with Gasteiger partial charge >= 0.3 is 6.18 Å². The van der Waals surface area contributed by atoms with Gasteiger partial charge < -0.3 is 4.98 Å². The molecular formula is C14H6ClF5N2. The minimum atomic E-state index is -4.61. The molecule has 1 heterocycles. The fraction of sp³-hybridized carbons (Fsp3) is 0.0714. The first-order chi connectivity index (χ1) is 10.3. The van der Waals surface area contributed by atoms with E-state index in [4.69, 9.17) is 11.6 Å². The Bertz CT molecular complexity index is 831. The van der Waals surface area contributed by atoms with E-state index in [1.54, 1.807) is 0 Å². The first-order valence-corrected chi connectivity index (χ1v) is 6.35. The van der Waals surface area contributed by atoms with Gasteiger partial charge in [0.2, 0.25) is 0 Å². The first kappa shape index (κ1) is 14.8. The molecule has 22 heavy (non-hydrogen) atoms. The lowest BCUT2D eigenvalue weighted by Gasteiger charge is -2.09. The minimum Gasteiger partial charge on any atom is -0.338 e. The SMILES string of the molecule is Fc1cc2nc(-c3ccc(Cl)c(C(F)(F)F)c3)[nH]c2cc1F. The van der Waals surface area contributed by atoms with Crippen LogP contribution in [0.3, 0.4) is 0 Å². The van der Waals surface area contributed by atoms with Gasteiger partial charge in [-0.1, -0.05) is 11.6 Å². The van der Waals surface area contributed by atoms with E-state index in [2.05, 4.69) is 9.97 Å².